The number of hydrogen-bond donors (Lipinski definition) is 1. The summed E-state index contributed by atoms with van der Waals surface area (Å²) < 4.78 is 2.37. The first kappa shape index (κ1) is 24.3. The van der Waals surface area contributed by atoms with E-state index >= 15 is 0 Å². The highest BCUT2D eigenvalue weighted by atomic mass is 16.3. The Labute approximate surface area is 214 Å². The Hall–Kier alpha value is -4.39. The van der Waals surface area contributed by atoms with Crippen molar-refractivity contribution in [2.45, 2.75) is 38.4 Å². The summed E-state index contributed by atoms with van der Waals surface area (Å²) in [6, 6.07) is 28.0. The molecule has 1 N–H and O–H groups in total. The van der Waals surface area contributed by atoms with Gasteiger partial charge in [-0.15, -0.1) is 0 Å². The fraction of sp³-hybridized carbons (Fsp3) is 0.233. The maximum atomic E-state index is 14.0. The monoisotopic (exact) mass is 495 g/mol. The summed E-state index contributed by atoms with van der Waals surface area (Å²) in [4.78, 5) is 42.4. The third kappa shape index (κ3) is 4.37. The van der Waals surface area contributed by atoms with Crippen LogP contribution in [0.3, 0.4) is 0 Å². The molecule has 7 nitrogen and oxygen atoms in total. The summed E-state index contributed by atoms with van der Waals surface area (Å²) >= 11 is 0. The van der Waals surface area contributed by atoms with Crippen molar-refractivity contribution in [3.05, 3.63) is 134 Å². The topological polar surface area (TPSA) is 84.5 Å². The average molecular weight is 496 g/mol. The van der Waals surface area contributed by atoms with Gasteiger partial charge >= 0.3 is 5.69 Å². The van der Waals surface area contributed by atoms with E-state index in [1.165, 1.54) is 4.57 Å². The predicted molar refractivity (Wildman–Crippen MR) is 142 cm³/mol. The van der Waals surface area contributed by atoms with Crippen LogP contribution in [0.5, 0.6) is 5.75 Å². The fourth-order valence-corrected chi connectivity index (χ4v) is 5.23. The molecule has 2 heterocycles. The third-order valence-electron chi connectivity index (χ3n) is 7.04. The first-order valence-electron chi connectivity index (χ1n) is 12.4. The Bertz CT molecular complexity index is 1490. The number of amides is 1. The van der Waals surface area contributed by atoms with Crippen molar-refractivity contribution < 1.29 is 9.90 Å². The number of hydrogen-bond acceptors (Lipinski definition) is 4. The number of fused-ring (bicyclic) bond motifs is 1. The van der Waals surface area contributed by atoms with Gasteiger partial charge in [0.1, 0.15) is 0 Å². The van der Waals surface area contributed by atoms with Crippen LogP contribution in [0.2, 0.25) is 0 Å². The van der Waals surface area contributed by atoms with Crippen molar-refractivity contribution >= 4 is 5.91 Å². The molecule has 1 aliphatic rings. The molecule has 0 bridgehead atoms. The van der Waals surface area contributed by atoms with Gasteiger partial charge in [0.15, 0.2) is 5.69 Å². The summed E-state index contributed by atoms with van der Waals surface area (Å²) in [5.41, 5.74) is 0.951. The molecule has 0 fully saturated rings. The van der Waals surface area contributed by atoms with Crippen LogP contribution in [0, 0.1) is 0 Å². The molecule has 0 unspecified atom stereocenters. The van der Waals surface area contributed by atoms with Crippen LogP contribution in [0.25, 0.3) is 0 Å². The lowest BCUT2D eigenvalue weighted by Crippen LogP contribution is -2.55. The molecule has 1 aliphatic heterocycles. The number of aromatic hydroxyl groups is 1. The number of aromatic nitrogens is 2. The minimum Gasteiger partial charge on any atom is -0.501 e. The number of benzene rings is 3. The highest BCUT2D eigenvalue weighted by Gasteiger charge is 2.41. The maximum Gasteiger partial charge on any atom is 0.332 e. The molecule has 4 aromatic rings. The second-order valence-electron chi connectivity index (χ2n) is 9.64. The van der Waals surface area contributed by atoms with Gasteiger partial charge in [-0.2, -0.15) is 0 Å². The first-order chi connectivity index (χ1) is 17.9. The van der Waals surface area contributed by atoms with Gasteiger partial charge in [-0.1, -0.05) is 91.0 Å². The minimum atomic E-state index is -0.867. The Balaban J connectivity index is 1.79. The highest BCUT2D eigenvalue weighted by Crippen LogP contribution is 2.39. The zero-order valence-electron chi connectivity index (χ0n) is 20.8. The van der Waals surface area contributed by atoms with E-state index < -0.39 is 28.9 Å². The highest BCUT2D eigenvalue weighted by molar-refractivity contribution is 5.96. The molecule has 37 heavy (non-hydrogen) atoms. The van der Waals surface area contributed by atoms with Crippen molar-refractivity contribution in [2.24, 2.45) is 0 Å². The molecular weight excluding hydrogens is 466 g/mol. The molecule has 5 rings (SSSR count). The van der Waals surface area contributed by atoms with Crippen LogP contribution < -0.4 is 11.2 Å². The second kappa shape index (κ2) is 9.93. The van der Waals surface area contributed by atoms with Gasteiger partial charge in [-0.05, 0) is 30.5 Å². The van der Waals surface area contributed by atoms with Crippen molar-refractivity contribution in [1.82, 2.24) is 14.0 Å². The molecule has 1 atom stereocenters. The van der Waals surface area contributed by atoms with E-state index in [1.807, 2.05) is 105 Å². The summed E-state index contributed by atoms with van der Waals surface area (Å²) in [5, 5.41) is 11.1. The van der Waals surface area contributed by atoms with Gasteiger partial charge in [0, 0.05) is 18.5 Å². The summed E-state index contributed by atoms with van der Waals surface area (Å²) in [6.07, 6.45) is 0. The van der Waals surface area contributed by atoms with Gasteiger partial charge in [0.25, 0.3) is 11.5 Å². The molecule has 0 saturated carbocycles. The van der Waals surface area contributed by atoms with Crippen LogP contribution >= 0.6 is 0 Å². The van der Waals surface area contributed by atoms with Crippen LogP contribution in [0.4, 0.5) is 0 Å². The smallest absolute Gasteiger partial charge is 0.332 e. The normalized spacial score (nSPS) is 15.3. The lowest BCUT2D eigenvalue weighted by molar-refractivity contribution is 0.0578. The summed E-state index contributed by atoms with van der Waals surface area (Å²) in [7, 11) is 0. The van der Waals surface area contributed by atoms with E-state index in [9.17, 15) is 19.5 Å². The van der Waals surface area contributed by atoms with E-state index in [-0.39, 0.29) is 30.7 Å². The van der Waals surface area contributed by atoms with E-state index in [0.717, 1.165) is 21.3 Å². The lowest BCUT2D eigenvalue weighted by atomic mass is 9.83. The van der Waals surface area contributed by atoms with E-state index in [1.54, 1.807) is 4.90 Å². The second-order valence-corrected chi connectivity index (χ2v) is 9.64. The molecule has 1 aromatic heterocycles. The van der Waals surface area contributed by atoms with Crippen LogP contribution in [-0.4, -0.2) is 37.6 Å². The molecular formula is C30H29N3O4. The number of nitrogens with zero attached hydrogens (tertiary/aromatic N) is 3. The van der Waals surface area contributed by atoms with E-state index in [2.05, 4.69) is 0 Å². The zero-order valence-corrected chi connectivity index (χ0v) is 20.8. The van der Waals surface area contributed by atoms with Crippen LogP contribution in [0.15, 0.2) is 101 Å². The maximum absolute atomic E-state index is 14.0. The molecule has 0 saturated heterocycles. The van der Waals surface area contributed by atoms with Crippen molar-refractivity contribution in [3.8, 4) is 5.75 Å². The largest absolute Gasteiger partial charge is 0.501 e. The Morgan fingerprint density at radius 3 is 1.84 bits per heavy atom. The van der Waals surface area contributed by atoms with Gasteiger partial charge in [-0.25, -0.2) is 4.79 Å². The van der Waals surface area contributed by atoms with Gasteiger partial charge in [0.2, 0.25) is 5.75 Å². The Morgan fingerprint density at radius 1 is 0.811 bits per heavy atom. The minimum absolute atomic E-state index is 0.0114. The van der Waals surface area contributed by atoms with Crippen LogP contribution in [-0.2, 0) is 6.54 Å². The molecule has 188 valence electrons. The SMILES string of the molecule is CC(C)N1C[C@H](C(c2ccccc2)c2ccccc2)n2c(c(O)c(=O)n(Cc3ccccc3)c2=O)C1=O. The summed E-state index contributed by atoms with van der Waals surface area (Å²) in [6.45, 7) is 4.01. The van der Waals surface area contributed by atoms with Gasteiger partial charge in [0.05, 0.1) is 12.6 Å². The fourth-order valence-electron chi connectivity index (χ4n) is 5.23. The Morgan fingerprint density at radius 2 is 1.32 bits per heavy atom. The third-order valence-corrected chi connectivity index (χ3v) is 7.04. The lowest BCUT2D eigenvalue weighted by Gasteiger charge is -2.41. The van der Waals surface area contributed by atoms with Crippen molar-refractivity contribution in [1.29, 1.82) is 0 Å². The molecule has 0 aliphatic carbocycles. The number of rotatable bonds is 6. The first-order valence-corrected chi connectivity index (χ1v) is 12.4. The molecule has 0 spiro atoms. The average Bonchev–Trinajstić information content (AvgIpc) is 2.92. The quantitative estimate of drug-likeness (QED) is 0.438. The predicted octanol–water partition coefficient (Wildman–Crippen LogP) is 4.00. The molecule has 3 aromatic carbocycles. The molecule has 0 radical (unpaired) electrons. The number of carbonyl (C=O) groups excluding carboxylic acids is 1. The van der Waals surface area contributed by atoms with Gasteiger partial charge < -0.3 is 10.0 Å². The van der Waals surface area contributed by atoms with Gasteiger partial charge in [-0.3, -0.25) is 18.7 Å². The zero-order chi connectivity index (χ0) is 26.1. The molecule has 7 heteroatoms. The van der Waals surface area contributed by atoms with E-state index in [4.69, 9.17) is 0 Å². The molecule has 1 amide bonds. The van der Waals surface area contributed by atoms with Crippen LogP contribution in [0.1, 0.15) is 53.0 Å². The Kier molecular flexibility index (Phi) is 6.53. The number of carbonyl (C=O) groups is 1. The van der Waals surface area contributed by atoms with Crippen molar-refractivity contribution in [3.63, 3.8) is 0 Å². The standard InChI is InChI=1S/C30H29N3O4/c1-20(2)31-19-24(25(22-14-8-4-9-15-22)23-16-10-5-11-17-23)33-26(28(31)35)27(34)29(36)32(30(33)37)18-21-12-6-3-7-13-21/h3-17,20,24-25,34H,18-19H2,1-2H3/t24-/m1/s1. The van der Waals surface area contributed by atoms with Crippen molar-refractivity contribution in [2.75, 3.05) is 6.54 Å². The van der Waals surface area contributed by atoms with E-state index in [0.29, 0.717) is 0 Å². The summed E-state index contributed by atoms with van der Waals surface area (Å²) in [5.74, 6) is -1.53.